The summed E-state index contributed by atoms with van der Waals surface area (Å²) in [6, 6.07) is 71.4. The van der Waals surface area contributed by atoms with Crippen LogP contribution in [-0.2, 0) is 0 Å². The van der Waals surface area contributed by atoms with Crippen LogP contribution in [0.5, 0.6) is 0 Å². The van der Waals surface area contributed by atoms with E-state index in [9.17, 15) is 0 Å². The highest BCUT2D eigenvalue weighted by molar-refractivity contribution is 6.15. The van der Waals surface area contributed by atoms with Crippen LogP contribution in [0.2, 0.25) is 0 Å². The Morgan fingerprint density at radius 2 is 1.03 bits per heavy atom. The Morgan fingerprint density at radius 1 is 0.435 bits per heavy atom. The highest BCUT2D eigenvalue weighted by Crippen LogP contribution is 2.43. The third-order valence-corrected chi connectivity index (χ3v) is 13.3. The number of fused-ring (bicyclic) bond motifs is 7. The Kier molecular flexibility index (Phi) is 8.64. The molecule has 1 heterocycles. The molecule has 0 radical (unpaired) electrons. The van der Waals surface area contributed by atoms with Crippen molar-refractivity contribution in [1.82, 2.24) is 4.57 Å². The smallest absolute Gasteiger partial charge is 0.0546 e. The summed E-state index contributed by atoms with van der Waals surface area (Å²) in [5.74, 6) is 0.425. The Balaban J connectivity index is 0.953. The van der Waals surface area contributed by atoms with Gasteiger partial charge in [-0.2, -0.15) is 0 Å². The zero-order chi connectivity index (χ0) is 41.1. The van der Waals surface area contributed by atoms with E-state index in [-0.39, 0.29) is 0 Å². The van der Waals surface area contributed by atoms with Crippen molar-refractivity contribution in [3.05, 3.63) is 229 Å². The van der Waals surface area contributed by atoms with Crippen molar-refractivity contribution in [2.24, 2.45) is 11.7 Å². The molecule has 0 saturated carbocycles. The summed E-state index contributed by atoms with van der Waals surface area (Å²) < 4.78 is 2.46. The molecule has 62 heavy (non-hydrogen) atoms. The predicted octanol–water partition coefficient (Wildman–Crippen LogP) is 15.7. The van der Waals surface area contributed by atoms with Gasteiger partial charge in [-0.1, -0.05) is 175 Å². The number of benzene rings is 9. The number of hydrogen-bond donors (Lipinski definition) is 1. The van der Waals surface area contributed by atoms with Crippen LogP contribution >= 0.6 is 0 Å². The van der Waals surface area contributed by atoms with Crippen molar-refractivity contribution in [2.45, 2.75) is 19.3 Å². The lowest BCUT2D eigenvalue weighted by Gasteiger charge is -2.28. The molecular weight excluding hydrogens is 749 g/mol. The summed E-state index contributed by atoms with van der Waals surface area (Å²) in [5, 5.41) is 7.54. The first-order valence-corrected chi connectivity index (χ1v) is 21.9. The van der Waals surface area contributed by atoms with Gasteiger partial charge in [0.1, 0.15) is 0 Å². The van der Waals surface area contributed by atoms with Crippen LogP contribution in [0.4, 0.5) is 0 Å². The van der Waals surface area contributed by atoms with Crippen molar-refractivity contribution in [3.8, 4) is 50.2 Å². The molecule has 1 unspecified atom stereocenters. The summed E-state index contributed by atoms with van der Waals surface area (Å²) in [5.41, 5.74) is 24.9. The molecule has 0 saturated heterocycles. The number of allylic oxidation sites excluding steroid dienone is 6. The molecule has 9 aromatic carbocycles. The number of nitrogens with two attached hydrogens (primary N) is 1. The van der Waals surface area contributed by atoms with E-state index in [1.54, 1.807) is 0 Å². The first-order chi connectivity index (χ1) is 30.6. The minimum atomic E-state index is 0.425. The van der Waals surface area contributed by atoms with E-state index in [1.807, 2.05) is 0 Å². The molecule has 2 nitrogen and oxygen atoms in total. The molecule has 2 aliphatic rings. The fourth-order valence-corrected chi connectivity index (χ4v) is 10.3. The number of para-hydroxylation sites is 1. The van der Waals surface area contributed by atoms with E-state index in [4.69, 9.17) is 5.73 Å². The third kappa shape index (κ3) is 6.10. The number of rotatable bonds is 6. The van der Waals surface area contributed by atoms with Crippen molar-refractivity contribution in [2.75, 3.05) is 0 Å². The van der Waals surface area contributed by atoms with Gasteiger partial charge in [0, 0.05) is 33.3 Å². The molecule has 0 bridgehead atoms. The van der Waals surface area contributed by atoms with Crippen LogP contribution in [0, 0.1) is 5.92 Å². The fourth-order valence-electron chi connectivity index (χ4n) is 10.3. The lowest BCUT2D eigenvalue weighted by molar-refractivity contribution is 0.664. The van der Waals surface area contributed by atoms with Gasteiger partial charge in [-0.25, -0.2) is 0 Å². The largest absolute Gasteiger partial charge is 0.402 e. The van der Waals surface area contributed by atoms with Gasteiger partial charge in [-0.15, -0.1) is 0 Å². The van der Waals surface area contributed by atoms with E-state index < -0.39 is 0 Å². The minimum absolute atomic E-state index is 0.425. The molecule has 1 aromatic heterocycles. The summed E-state index contributed by atoms with van der Waals surface area (Å²) >= 11 is 0. The Hall–Kier alpha value is -7.68. The molecule has 2 N–H and O–H groups in total. The lowest BCUT2D eigenvalue weighted by atomic mass is 9.78. The molecule has 0 aliphatic heterocycles. The standard InChI is InChI=1S/C60H44N2/c61-57-37-43-17-5-4-16-42(43)35-55(57)52-22-9-8-20-50(52)48-33-46(39-14-2-1-3-15-39)32-47(34-48)41-28-26-40(27-29-41)44-30-31-59-56(36-44)54-24-12-13-25-58(54)62(59)60-38-45-18-6-7-19-49(45)51-21-10-11-23-53(51)60/h1-3,5-15,17-36,38,43H,4,16,37,61H2. The Morgan fingerprint density at radius 3 is 1.84 bits per heavy atom. The molecule has 0 fully saturated rings. The second-order valence-electron chi connectivity index (χ2n) is 17.0. The van der Waals surface area contributed by atoms with Gasteiger partial charge in [0.05, 0.1) is 16.7 Å². The summed E-state index contributed by atoms with van der Waals surface area (Å²) in [7, 11) is 0. The molecule has 0 spiro atoms. The molecule has 10 aromatic rings. The zero-order valence-electron chi connectivity index (χ0n) is 34.4. The van der Waals surface area contributed by atoms with Crippen LogP contribution in [0.3, 0.4) is 0 Å². The van der Waals surface area contributed by atoms with Gasteiger partial charge in [-0.3, -0.25) is 0 Å². The first kappa shape index (κ1) is 36.2. The van der Waals surface area contributed by atoms with E-state index in [1.165, 1.54) is 110 Å². The fraction of sp³-hybridized carbons (Fsp3) is 0.0667. The second kappa shape index (κ2) is 14.8. The van der Waals surface area contributed by atoms with Gasteiger partial charge >= 0.3 is 0 Å². The highest BCUT2D eigenvalue weighted by Gasteiger charge is 2.24. The minimum Gasteiger partial charge on any atom is -0.402 e. The van der Waals surface area contributed by atoms with Gasteiger partial charge in [0.25, 0.3) is 0 Å². The summed E-state index contributed by atoms with van der Waals surface area (Å²) in [6.45, 7) is 0. The highest BCUT2D eigenvalue weighted by atomic mass is 15.0. The maximum atomic E-state index is 6.89. The number of aromatic nitrogens is 1. The first-order valence-electron chi connectivity index (χ1n) is 21.9. The zero-order valence-corrected chi connectivity index (χ0v) is 34.4. The lowest BCUT2D eigenvalue weighted by Crippen LogP contribution is -2.16. The Labute approximate surface area is 362 Å². The van der Waals surface area contributed by atoms with Crippen LogP contribution in [-0.4, -0.2) is 4.57 Å². The molecular formula is C60H44N2. The van der Waals surface area contributed by atoms with E-state index in [2.05, 4.69) is 217 Å². The molecule has 2 aliphatic carbocycles. The van der Waals surface area contributed by atoms with Crippen molar-refractivity contribution in [3.63, 3.8) is 0 Å². The molecule has 2 heteroatoms. The van der Waals surface area contributed by atoms with Gasteiger partial charge in [-0.05, 0) is 128 Å². The van der Waals surface area contributed by atoms with Crippen molar-refractivity contribution >= 4 is 48.9 Å². The van der Waals surface area contributed by atoms with Crippen molar-refractivity contribution in [1.29, 1.82) is 0 Å². The van der Waals surface area contributed by atoms with Crippen LogP contribution < -0.4 is 5.73 Å². The van der Waals surface area contributed by atoms with Crippen LogP contribution in [0.1, 0.15) is 24.8 Å². The average Bonchev–Trinajstić information content (AvgIpc) is 3.67. The average molecular weight is 793 g/mol. The summed E-state index contributed by atoms with van der Waals surface area (Å²) in [4.78, 5) is 0. The number of hydrogen-bond acceptors (Lipinski definition) is 1. The van der Waals surface area contributed by atoms with Crippen LogP contribution in [0.15, 0.2) is 224 Å². The molecule has 294 valence electrons. The monoisotopic (exact) mass is 792 g/mol. The Bertz CT molecular complexity index is 3490. The van der Waals surface area contributed by atoms with Gasteiger partial charge < -0.3 is 10.3 Å². The quantitative estimate of drug-likeness (QED) is 0.132. The second-order valence-corrected chi connectivity index (χ2v) is 17.0. The topological polar surface area (TPSA) is 30.9 Å². The van der Waals surface area contributed by atoms with Gasteiger partial charge in [0.15, 0.2) is 0 Å². The maximum absolute atomic E-state index is 6.89. The van der Waals surface area contributed by atoms with E-state index in [0.29, 0.717) is 5.92 Å². The summed E-state index contributed by atoms with van der Waals surface area (Å²) in [6.07, 6.45) is 10.1. The van der Waals surface area contributed by atoms with Crippen molar-refractivity contribution < 1.29 is 0 Å². The van der Waals surface area contributed by atoms with E-state index in [0.717, 1.165) is 25.0 Å². The molecule has 1 atom stereocenters. The predicted molar refractivity (Wildman–Crippen MR) is 263 cm³/mol. The van der Waals surface area contributed by atoms with E-state index >= 15 is 0 Å². The SMILES string of the molecule is NC1=C(c2ccccc2-c2cc(-c3ccccc3)cc(-c3ccc(-c4ccc5c(c4)c4ccccc4n5-c4cc5ccccc5c5ccccc45)cc3)c2)C=C2CCC=CC2C1. The normalized spacial score (nSPS) is 15.1. The van der Waals surface area contributed by atoms with Gasteiger partial charge in [0.2, 0.25) is 0 Å². The molecule has 12 rings (SSSR count). The third-order valence-electron chi connectivity index (χ3n) is 13.3. The molecule has 0 amide bonds. The number of nitrogens with zero attached hydrogens (tertiary/aromatic N) is 1. The van der Waals surface area contributed by atoms with Crippen LogP contribution in [0.25, 0.3) is 99.1 Å². The maximum Gasteiger partial charge on any atom is 0.0546 e.